The van der Waals surface area contributed by atoms with Crippen LogP contribution in [0.5, 0.6) is 5.88 Å². The summed E-state index contributed by atoms with van der Waals surface area (Å²) in [5, 5.41) is 14.8. The standard InChI is InChI=1S/C15H19N5O2/c1-22-13-4-5-16-15(17-13)19-6-7-20-11(9-19)8-12(18-20)14(21)10-2-3-10/h4-5,8,10,14,21H,2-3,6-7,9H2,1H3. The van der Waals surface area contributed by atoms with E-state index in [1.165, 1.54) is 0 Å². The molecule has 4 rings (SSSR count). The predicted octanol–water partition coefficient (Wildman–Crippen LogP) is 1.15. The van der Waals surface area contributed by atoms with E-state index in [-0.39, 0.29) is 0 Å². The van der Waals surface area contributed by atoms with Crippen LogP contribution in [0.1, 0.15) is 30.3 Å². The summed E-state index contributed by atoms with van der Waals surface area (Å²) < 4.78 is 7.14. The van der Waals surface area contributed by atoms with Crippen molar-refractivity contribution < 1.29 is 9.84 Å². The van der Waals surface area contributed by atoms with Gasteiger partial charge in [0.05, 0.1) is 31.6 Å². The molecule has 0 spiro atoms. The van der Waals surface area contributed by atoms with Gasteiger partial charge in [-0.2, -0.15) is 10.1 Å². The highest BCUT2D eigenvalue weighted by molar-refractivity contribution is 5.34. The Bertz CT molecular complexity index is 682. The largest absolute Gasteiger partial charge is 0.481 e. The monoisotopic (exact) mass is 301 g/mol. The molecule has 116 valence electrons. The van der Waals surface area contributed by atoms with Gasteiger partial charge in [-0.3, -0.25) is 4.68 Å². The molecule has 0 amide bonds. The lowest BCUT2D eigenvalue weighted by atomic mass is 10.1. The molecule has 1 N–H and O–H groups in total. The van der Waals surface area contributed by atoms with Crippen molar-refractivity contribution in [1.82, 2.24) is 19.7 Å². The number of anilines is 1. The fourth-order valence-corrected chi connectivity index (χ4v) is 2.86. The van der Waals surface area contributed by atoms with E-state index in [4.69, 9.17) is 4.74 Å². The lowest BCUT2D eigenvalue weighted by Crippen LogP contribution is -2.34. The second-order valence-electron chi connectivity index (χ2n) is 5.89. The quantitative estimate of drug-likeness (QED) is 0.913. The molecule has 2 aromatic heterocycles. The van der Waals surface area contributed by atoms with E-state index in [9.17, 15) is 5.11 Å². The molecule has 0 aromatic carbocycles. The zero-order valence-electron chi connectivity index (χ0n) is 12.5. The van der Waals surface area contributed by atoms with Gasteiger partial charge in [0.25, 0.3) is 0 Å². The van der Waals surface area contributed by atoms with Crippen molar-refractivity contribution in [1.29, 1.82) is 0 Å². The van der Waals surface area contributed by atoms with Gasteiger partial charge in [-0.15, -0.1) is 0 Å². The van der Waals surface area contributed by atoms with Crippen molar-refractivity contribution in [2.75, 3.05) is 18.6 Å². The predicted molar refractivity (Wildman–Crippen MR) is 79.5 cm³/mol. The van der Waals surface area contributed by atoms with Crippen molar-refractivity contribution in [2.45, 2.75) is 32.0 Å². The van der Waals surface area contributed by atoms with Crippen molar-refractivity contribution >= 4 is 5.95 Å². The van der Waals surface area contributed by atoms with Crippen LogP contribution in [-0.2, 0) is 13.1 Å². The van der Waals surface area contributed by atoms with Gasteiger partial charge in [-0.1, -0.05) is 0 Å². The Morgan fingerprint density at radius 3 is 3.00 bits per heavy atom. The Hall–Kier alpha value is -2.15. The molecule has 1 saturated carbocycles. The summed E-state index contributed by atoms with van der Waals surface area (Å²) in [5.41, 5.74) is 1.89. The number of hydrogen-bond donors (Lipinski definition) is 1. The second kappa shape index (κ2) is 5.24. The number of aliphatic hydroxyl groups excluding tert-OH is 1. The molecule has 1 aliphatic carbocycles. The number of rotatable bonds is 4. The van der Waals surface area contributed by atoms with Crippen LogP contribution >= 0.6 is 0 Å². The molecule has 1 aliphatic heterocycles. The average molecular weight is 301 g/mol. The van der Waals surface area contributed by atoms with Gasteiger partial charge in [-0.25, -0.2) is 4.98 Å². The fourth-order valence-electron chi connectivity index (χ4n) is 2.86. The van der Waals surface area contributed by atoms with Crippen molar-refractivity contribution in [2.24, 2.45) is 5.92 Å². The highest BCUT2D eigenvalue weighted by Gasteiger charge is 2.33. The Kier molecular flexibility index (Phi) is 3.22. The summed E-state index contributed by atoms with van der Waals surface area (Å²) in [4.78, 5) is 10.8. The van der Waals surface area contributed by atoms with Crippen LogP contribution in [0.15, 0.2) is 18.3 Å². The Labute approximate surface area is 128 Å². The van der Waals surface area contributed by atoms with Crippen LogP contribution in [0, 0.1) is 5.92 Å². The minimum Gasteiger partial charge on any atom is -0.481 e. The normalized spacial score (nSPS) is 18.9. The maximum Gasteiger partial charge on any atom is 0.229 e. The van der Waals surface area contributed by atoms with Crippen molar-refractivity contribution in [3.8, 4) is 5.88 Å². The summed E-state index contributed by atoms with van der Waals surface area (Å²) >= 11 is 0. The number of methoxy groups -OCH3 is 1. The third-order valence-electron chi connectivity index (χ3n) is 4.30. The van der Waals surface area contributed by atoms with Gasteiger partial charge in [0.15, 0.2) is 0 Å². The van der Waals surface area contributed by atoms with Crippen LogP contribution in [0.25, 0.3) is 0 Å². The van der Waals surface area contributed by atoms with Crippen LogP contribution < -0.4 is 9.64 Å². The van der Waals surface area contributed by atoms with E-state index in [1.807, 2.05) is 10.7 Å². The SMILES string of the molecule is COc1ccnc(N2CCn3nc(C(O)C4CC4)cc3C2)n1. The molecule has 7 heteroatoms. The molecular formula is C15H19N5O2. The maximum absolute atomic E-state index is 10.2. The van der Waals surface area contributed by atoms with E-state index in [2.05, 4.69) is 20.0 Å². The van der Waals surface area contributed by atoms with E-state index in [1.54, 1.807) is 19.4 Å². The van der Waals surface area contributed by atoms with E-state index < -0.39 is 6.10 Å². The molecule has 2 aliphatic rings. The first-order valence-corrected chi connectivity index (χ1v) is 7.61. The maximum atomic E-state index is 10.2. The van der Waals surface area contributed by atoms with Gasteiger partial charge >= 0.3 is 0 Å². The average Bonchev–Trinajstić information content (AvgIpc) is 3.32. The second-order valence-corrected chi connectivity index (χ2v) is 5.89. The molecule has 0 bridgehead atoms. The number of aliphatic hydroxyl groups is 1. The van der Waals surface area contributed by atoms with Gasteiger partial charge in [0, 0.05) is 18.8 Å². The number of ether oxygens (including phenoxy) is 1. The van der Waals surface area contributed by atoms with E-state index in [0.29, 0.717) is 24.3 Å². The van der Waals surface area contributed by atoms with Crippen LogP contribution in [0.3, 0.4) is 0 Å². The van der Waals surface area contributed by atoms with Crippen LogP contribution in [0.2, 0.25) is 0 Å². The molecule has 7 nitrogen and oxygen atoms in total. The minimum absolute atomic E-state index is 0.398. The summed E-state index contributed by atoms with van der Waals surface area (Å²) in [5.74, 6) is 1.62. The Morgan fingerprint density at radius 1 is 1.36 bits per heavy atom. The molecule has 22 heavy (non-hydrogen) atoms. The highest BCUT2D eigenvalue weighted by atomic mass is 16.5. The Morgan fingerprint density at radius 2 is 2.23 bits per heavy atom. The molecule has 1 atom stereocenters. The third-order valence-corrected chi connectivity index (χ3v) is 4.30. The molecular weight excluding hydrogens is 282 g/mol. The summed E-state index contributed by atoms with van der Waals surface area (Å²) in [7, 11) is 1.60. The number of aromatic nitrogens is 4. The van der Waals surface area contributed by atoms with Crippen molar-refractivity contribution in [3.63, 3.8) is 0 Å². The third kappa shape index (κ3) is 2.41. The van der Waals surface area contributed by atoms with Gasteiger partial charge < -0.3 is 14.7 Å². The fraction of sp³-hybridized carbons (Fsp3) is 0.533. The van der Waals surface area contributed by atoms with Gasteiger partial charge in [0.2, 0.25) is 11.8 Å². The lowest BCUT2D eigenvalue weighted by molar-refractivity contribution is 0.148. The summed E-state index contributed by atoms with van der Waals surface area (Å²) in [6, 6.07) is 3.75. The molecule has 0 radical (unpaired) electrons. The zero-order chi connectivity index (χ0) is 15.1. The number of nitrogens with zero attached hydrogens (tertiary/aromatic N) is 5. The highest BCUT2D eigenvalue weighted by Crippen LogP contribution is 2.40. The zero-order valence-corrected chi connectivity index (χ0v) is 12.5. The molecule has 3 heterocycles. The van der Waals surface area contributed by atoms with E-state index in [0.717, 1.165) is 37.3 Å². The smallest absolute Gasteiger partial charge is 0.229 e. The Balaban J connectivity index is 1.55. The van der Waals surface area contributed by atoms with Crippen molar-refractivity contribution in [3.05, 3.63) is 29.7 Å². The van der Waals surface area contributed by atoms with Crippen LogP contribution in [0.4, 0.5) is 5.95 Å². The summed E-state index contributed by atoms with van der Waals surface area (Å²) in [6.45, 7) is 2.26. The van der Waals surface area contributed by atoms with Gasteiger partial charge in [0.1, 0.15) is 6.10 Å². The molecule has 2 aromatic rings. The number of fused-ring (bicyclic) bond motifs is 1. The molecule has 1 unspecified atom stereocenters. The molecule has 1 fully saturated rings. The first kappa shape index (κ1) is 13.5. The summed E-state index contributed by atoms with van der Waals surface area (Å²) in [6.07, 6.45) is 3.50. The minimum atomic E-state index is -0.417. The topological polar surface area (TPSA) is 76.3 Å². The number of hydrogen-bond acceptors (Lipinski definition) is 6. The van der Waals surface area contributed by atoms with Crippen LogP contribution in [-0.4, -0.2) is 38.5 Å². The lowest BCUT2D eigenvalue weighted by Gasteiger charge is -2.27. The first-order chi connectivity index (χ1) is 10.7. The first-order valence-electron chi connectivity index (χ1n) is 7.61. The van der Waals surface area contributed by atoms with E-state index >= 15 is 0 Å². The van der Waals surface area contributed by atoms with Gasteiger partial charge in [-0.05, 0) is 24.8 Å². The molecule has 0 saturated heterocycles.